The Balaban J connectivity index is 2.04. The molecular weight excluding hydrogens is 274 g/mol. The molecule has 1 heterocycles. The van der Waals surface area contributed by atoms with E-state index < -0.39 is 0 Å². The number of Topliss-reactive ketones (excluding diaryl/α,β-unsaturated/α-hetero) is 1. The molecule has 0 bridgehead atoms. The number of hydrogen-bond donors (Lipinski definition) is 0. The van der Waals surface area contributed by atoms with Crippen LogP contribution in [-0.2, 0) is 0 Å². The van der Waals surface area contributed by atoms with Crippen LogP contribution in [0, 0.1) is 5.92 Å². The average Bonchev–Trinajstić information content (AvgIpc) is 2.57. The lowest BCUT2D eigenvalue weighted by atomic mass is 9.78. The van der Waals surface area contributed by atoms with Crippen molar-refractivity contribution in [2.24, 2.45) is 5.92 Å². The van der Waals surface area contributed by atoms with Gasteiger partial charge >= 0.3 is 0 Å². The Kier molecular flexibility index (Phi) is 3.97. The monoisotopic (exact) mass is 295 g/mol. The molecule has 0 amide bonds. The SMILES string of the molecule is CC[C@@H]1C[C@@H](C)c2nc(-c3cccc(OC)c3)ccc2C1=O. The fourth-order valence-electron chi connectivity index (χ4n) is 3.22. The second-order valence-electron chi connectivity index (χ2n) is 5.97. The van der Waals surface area contributed by atoms with Crippen LogP contribution in [0.15, 0.2) is 36.4 Å². The predicted molar refractivity (Wildman–Crippen MR) is 87.4 cm³/mol. The van der Waals surface area contributed by atoms with Gasteiger partial charge in [0.1, 0.15) is 5.75 Å². The van der Waals surface area contributed by atoms with Gasteiger partial charge in [-0.2, -0.15) is 0 Å². The molecule has 3 nitrogen and oxygen atoms in total. The van der Waals surface area contributed by atoms with Crippen LogP contribution < -0.4 is 4.74 Å². The fraction of sp³-hybridized carbons (Fsp3) is 0.368. The summed E-state index contributed by atoms with van der Waals surface area (Å²) in [7, 11) is 1.66. The van der Waals surface area contributed by atoms with Crippen molar-refractivity contribution in [1.29, 1.82) is 0 Å². The molecule has 1 aliphatic carbocycles. The minimum atomic E-state index is 0.145. The van der Waals surface area contributed by atoms with Crippen molar-refractivity contribution < 1.29 is 9.53 Å². The second kappa shape index (κ2) is 5.91. The van der Waals surface area contributed by atoms with Gasteiger partial charge in [-0.15, -0.1) is 0 Å². The number of aromatic nitrogens is 1. The van der Waals surface area contributed by atoms with Crippen molar-refractivity contribution in [2.75, 3.05) is 7.11 Å². The van der Waals surface area contributed by atoms with Gasteiger partial charge in [0.05, 0.1) is 18.5 Å². The van der Waals surface area contributed by atoms with Gasteiger partial charge in [0.15, 0.2) is 5.78 Å². The summed E-state index contributed by atoms with van der Waals surface area (Å²) in [6, 6.07) is 11.7. The smallest absolute Gasteiger partial charge is 0.167 e. The van der Waals surface area contributed by atoms with Crippen LogP contribution in [0.5, 0.6) is 5.75 Å². The van der Waals surface area contributed by atoms with Crippen LogP contribution in [0.3, 0.4) is 0 Å². The van der Waals surface area contributed by atoms with E-state index in [1.54, 1.807) is 7.11 Å². The van der Waals surface area contributed by atoms with Crippen LogP contribution in [0.2, 0.25) is 0 Å². The summed E-state index contributed by atoms with van der Waals surface area (Å²) in [5, 5.41) is 0. The largest absolute Gasteiger partial charge is 0.497 e. The summed E-state index contributed by atoms with van der Waals surface area (Å²) < 4.78 is 5.27. The van der Waals surface area contributed by atoms with Crippen molar-refractivity contribution in [3.05, 3.63) is 47.7 Å². The summed E-state index contributed by atoms with van der Waals surface area (Å²) in [5.74, 6) is 1.53. The van der Waals surface area contributed by atoms with Crippen molar-refractivity contribution in [3.8, 4) is 17.0 Å². The van der Waals surface area contributed by atoms with Gasteiger partial charge in [0, 0.05) is 17.0 Å². The Morgan fingerprint density at radius 1 is 1.27 bits per heavy atom. The molecule has 0 saturated carbocycles. The van der Waals surface area contributed by atoms with Crippen molar-refractivity contribution in [1.82, 2.24) is 4.98 Å². The lowest BCUT2D eigenvalue weighted by molar-refractivity contribution is 0.0889. The molecule has 0 spiro atoms. The van der Waals surface area contributed by atoms with E-state index in [4.69, 9.17) is 9.72 Å². The van der Waals surface area contributed by atoms with E-state index in [0.29, 0.717) is 5.92 Å². The molecule has 3 heteroatoms. The number of methoxy groups -OCH3 is 1. The zero-order valence-electron chi connectivity index (χ0n) is 13.3. The summed E-state index contributed by atoms with van der Waals surface area (Å²) in [5.41, 5.74) is 3.65. The van der Waals surface area contributed by atoms with E-state index in [2.05, 4.69) is 13.8 Å². The number of pyridine rings is 1. The minimum absolute atomic E-state index is 0.145. The topological polar surface area (TPSA) is 39.2 Å². The first kappa shape index (κ1) is 14.8. The van der Waals surface area contributed by atoms with Crippen LogP contribution in [0.25, 0.3) is 11.3 Å². The number of ketones is 1. The number of hydrogen-bond acceptors (Lipinski definition) is 3. The lowest BCUT2D eigenvalue weighted by Gasteiger charge is -2.27. The molecular formula is C19H21NO2. The molecule has 0 unspecified atom stereocenters. The average molecular weight is 295 g/mol. The highest BCUT2D eigenvalue weighted by molar-refractivity contribution is 6.00. The van der Waals surface area contributed by atoms with Crippen molar-refractivity contribution >= 4 is 5.78 Å². The van der Waals surface area contributed by atoms with Crippen LogP contribution in [0.1, 0.15) is 48.7 Å². The molecule has 0 fully saturated rings. The lowest BCUT2D eigenvalue weighted by Crippen LogP contribution is -2.25. The Bertz CT molecular complexity index is 708. The second-order valence-corrected chi connectivity index (χ2v) is 5.97. The van der Waals surface area contributed by atoms with E-state index in [-0.39, 0.29) is 11.7 Å². The first-order valence-corrected chi connectivity index (χ1v) is 7.83. The molecule has 0 N–H and O–H groups in total. The Labute approximate surface area is 131 Å². The van der Waals surface area contributed by atoms with E-state index in [1.807, 2.05) is 36.4 Å². The zero-order chi connectivity index (χ0) is 15.7. The fourth-order valence-corrected chi connectivity index (χ4v) is 3.22. The number of ether oxygens (including phenoxy) is 1. The number of rotatable bonds is 3. The first-order chi connectivity index (χ1) is 10.6. The van der Waals surface area contributed by atoms with Gasteiger partial charge in [0.25, 0.3) is 0 Å². The molecule has 0 radical (unpaired) electrons. The quantitative estimate of drug-likeness (QED) is 0.838. The zero-order valence-corrected chi connectivity index (χ0v) is 13.3. The maximum atomic E-state index is 12.5. The standard InChI is InChI=1S/C19H21NO2/c1-4-13-10-12(2)18-16(19(13)21)8-9-17(20-18)14-6-5-7-15(11-14)22-3/h5-9,11-13H,4,10H2,1-3H3/t12-,13-/m1/s1. The third kappa shape index (κ3) is 2.52. The summed E-state index contributed by atoms with van der Waals surface area (Å²) in [6.07, 6.45) is 1.80. The van der Waals surface area contributed by atoms with Gasteiger partial charge < -0.3 is 4.74 Å². The normalized spacial score (nSPS) is 20.6. The van der Waals surface area contributed by atoms with Crippen molar-refractivity contribution in [2.45, 2.75) is 32.6 Å². The first-order valence-electron chi connectivity index (χ1n) is 7.83. The molecule has 22 heavy (non-hydrogen) atoms. The summed E-state index contributed by atoms with van der Waals surface area (Å²) >= 11 is 0. The van der Waals surface area contributed by atoms with Gasteiger partial charge in [-0.25, -0.2) is 0 Å². The Hall–Kier alpha value is -2.16. The number of fused-ring (bicyclic) bond motifs is 1. The molecule has 0 saturated heterocycles. The molecule has 0 aliphatic heterocycles. The molecule has 1 aromatic carbocycles. The molecule has 2 atom stereocenters. The third-order valence-electron chi connectivity index (χ3n) is 4.52. The van der Waals surface area contributed by atoms with Gasteiger partial charge in [-0.1, -0.05) is 26.0 Å². The van der Waals surface area contributed by atoms with E-state index in [9.17, 15) is 4.79 Å². The van der Waals surface area contributed by atoms with E-state index in [0.717, 1.165) is 41.1 Å². The van der Waals surface area contributed by atoms with Gasteiger partial charge in [0.2, 0.25) is 0 Å². The van der Waals surface area contributed by atoms with Crippen LogP contribution in [0.4, 0.5) is 0 Å². The highest BCUT2D eigenvalue weighted by Gasteiger charge is 2.31. The highest BCUT2D eigenvalue weighted by atomic mass is 16.5. The third-order valence-corrected chi connectivity index (χ3v) is 4.52. The van der Waals surface area contributed by atoms with Crippen LogP contribution >= 0.6 is 0 Å². The molecule has 3 rings (SSSR count). The number of carbonyl (C=O) groups excluding carboxylic acids is 1. The number of benzene rings is 1. The van der Waals surface area contributed by atoms with Gasteiger partial charge in [-0.05, 0) is 43.0 Å². The van der Waals surface area contributed by atoms with E-state index in [1.165, 1.54) is 0 Å². The van der Waals surface area contributed by atoms with E-state index >= 15 is 0 Å². The molecule has 1 aromatic heterocycles. The highest BCUT2D eigenvalue weighted by Crippen LogP contribution is 2.36. The summed E-state index contributed by atoms with van der Waals surface area (Å²) in [4.78, 5) is 17.3. The maximum absolute atomic E-state index is 12.5. The van der Waals surface area contributed by atoms with Gasteiger partial charge in [-0.3, -0.25) is 9.78 Å². The molecule has 1 aliphatic rings. The number of nitrogens with zero attached hydrogens (tertiary/aromatic N) is 1. The Morgan fingerprint density at radius 3 is 2.82 bits per heavy atom. The predicted octanol–water partition coefficient (Wildman–Crippen LogP) is 4.47. The van der Waals surface area contributed by atoms with Crippen LogP contribution in [-0.4, -0.2) is 17.9 Å². The van der Waals surface area contributed by atoms with Crippen molar-refractivity contribution in [3.63, 3.8) is 0 Å². The maximum Gasteiger partial charge on any atom is 0.167 e. The minimum Gasteiger partial charge on any atom is -0.497 e. The Morgan fingerprint density at radius 2 is 2.09 bits per heavy atom. The number of carbonyl (C=O) groups is 1. The molecule has 114 valence electrons. The summed E-state index contributed by atoms with van der Waals surface area (Å²) in [6.45, 7) is 4.24. The molecule has 2 aromatic rings.